The monoisotopic (exact) mass is 336 g/mol. The molecule has 3 rings (SSSR count). The highest BCUT2D eigenvalue weighted by Crippen LogP contribution is 2.45. The lowest BCUT2D eigenvalue weighted by Gasteiger charge is -2.16. The second-order valence-corrected chi connectivity index (χ2v) is 8.90. The number of rotatable bonds is 6. The quantitative estimate of drug-likeness (QED) is 0.639. The highest BCUT2D eigenvalue weighted by atomic mass is 35.5. The Hall–Kier alpha value is -0.700. The number of nitrogens with zero attached hydrogens (tertiary/aromatic N) is 1. The predicted octanol–water partition coefficient (Wildman–Crippen LogP) is 2.78. The molecule has 6 nitrogen and oxygen atoms in total. The minimum Gasteiger partial charge on any atom is -0.258 e. The SMILES string of the molecule is O=[N+]([O-])c1cc(S(=O)(=O)NC(C2CC2)C2CC2)sc1Cl. The van der Waals surface area contributed by atoms with E-state index in [2.05, 4.69) is 4.72 Å². The molecular formula is C11H13ClN2O4S2. The van der Waals surface area contributed by atoms with Crippen molar-refractivity contribution in [1.82, 2.24) is 4.72 Å². The Morgan fingerprint density at radius 2 is 1.90 bits per heavy atom. The fraction of sp³-hybridized carbons (Fsp3) is 0.636. The van der Waals surface area contributed by atoms with E-state index < -0.39 is 14.9 Å². The van der Waals surface area contributed by atoms with Gasteiger partial charge in [-0.25, -0.2) is 13.1 Å². The van der Waals surface area contributed by atoms with Gasteiger partial charge in [0.05, 0.1) is 4.92 Å². The minimum atomic E-state index is -3.73. The van der Waals surface area contributed by atoms with Crippen LogP contribution in [0.25, 0.3) is 0 Å². The van der Waals surface area contributed by atoms with Crippen molar-refractivity contribution in [3.63, 3.8) is 0 Å². The van der Waals surface area contributed by atoms with Gasteiger partial charge >= 0.3 is 0 Å². The molecular weight excluding hydrogens is 324 g/mol. The largest absolute Gasteiger partial charge is 0.300 e. The molecule has 1 heterocycles. The topological polar surface area (TPSA) is 89.3 Å². The summed E-state index contributed by atoms with van der Waals surface area (Å²) >= 11 is 6.45. The number of nitrogens with one attached hydrogen (secondary N) is 1. The van der Waals surface area contributed by atoms with E-state index in [0.717, 1.165) is 43.1 Å². The van der Waals surface area contributed by atoms with Crippen LogP contribution in [0.15, 0.2) is 10.3 Å². The molecule has 0 spiro atoms. The highest BCUT2D eigenvalue weighted by molar-refractivity contribution is 7.91. The fourth-order valence-electron chi connectivity index (χ4n) is 2.32. The van der Waals surface area contributed by atoms with Crippen molar-refractivity contribution in [2.75, 3.05) is 0 Å². The fourth-order valence-corrected chi connectivity index (χ4v) is 5.38. The van der Waals surface area contributed by atoms with Crippen molar-refractivity contribution in [1.29, 1.82) is 0 Å². The second kappa shape index (κ2) is 4.94. The smallest absolute Gasteiger partial charge is 0.258 e. The molecule has 0 amide bonds. The molecule has 20 heavy (non-hydrogen) atoms. The van der Waals surface area contributed by atoms with E-state index in [-0.39, 0.29) is 20.3 Å². The molecule has 2 aliphatic carbocycles. The normalized spacial score (nSPS) is 19.5. The van der Waals surface area contributed by atoms with E-state index in [9.17, 15) is 18.5 Å². The standard InChI is InChI=1S/C11H13ClN2O4S2/c12-11-8(14(15)16)5-9(19-11)20(17,18)13-10(6-1-2-6)7-3-4-7/h5-7,10,13H,1-4H2. The summed E-state index contributed by atoms with van der Waals surface area (Å²) in [5.41, 5.74) is -0.355. The number of hydrogen-bond donors (Lipinski definition) is 1. The molecule has 9 heteroatoms. The summed E-state index contributed by atoms with van der Waals surface area (Å²) in [5.74, 6) is 0.838. The Bertz CT molecular complexity index is 637. The first-order valence-electron chi connectivity index (χ1n) is 6.34. The van der Waals surface area contributed by atoms with Crippen LogP contribution in [0.5, 0.6) is 0 Å². The van der Waals surface area contributed by atoms with E-state index in [1.54, 1.807) is 0 Å². The van der Waals surface area contributed by atoms with Gasteiger partial charge in [0.1, 0.15) is 4.21 Å². The van der Waals surface area contributed by atoms with Crippen molar-refractivity contribution in [3.8, 4) is 0 Å². The molecule has 1 aromatic rings. The van der Waals surface area contributed by atoms with Crippen molar-refractivity contribution in [2.24, 2.45) is 11.8 Å². The molecule has 1 aromatic heterocycles. The molecule has 0 bridgehead atoms. The van der Waals surface area contributed by atoms with Gasteiger partial charge in [0, 0.05) is 12.1 Å². The molecule has 110 valence electrons. The molecule has 0 aromatic carbocycles. The number of thiophene rings is 1. The maximum atomic E-state index is 12.3. The Labute approximate surface area is 125 Å². The van der Waals surface area contributed by atoms with Crippen molar-refractivity contribution in [3.05, 3.63) is 20.5 Å². The van der Waals surface area contributed by atoms with Gasteiger partial charge in [-0.15, -0.1) is 11.3 Å². The Morgan fingerprint density at radius 1 is 1.35 bits per heavy atom. The summed E-state index contributed by atoms with van der Waals surface area (Å²) in [4.78, 5) is 10.1. The summed E-state index contributed by atoms with van der Waals surface area (Å²) in [5, 5.41) is 10.7. The lowest BCUT2D eigenvalue weighted by Crippen LogP contribution is -2.37. The van der Waals surface area contributed by atoms with Crippen LogP contribution in [-0.2, 0) is 10.0 Å². The first kappa shape index (κ1) is 14.2. The molecule has 2 aliphatic rings. The van der Waals surface area contributed by atoms with Crippen LogP contribution >= 0.6 is 22.9 Å². The first-order valence-corrected chi connectivity index (χ1v) is 9.02. The Balaban J connectivity index is 1.83. The van der Waals surface area contributed by atoms with E-state index in [4.69, 9.17) is 11.6 Å². The number of halogens is 1. The van der Waals surface area contributed by atoms with Crippen LogP contribution < -0.4 is 4.72 Å². The summed E-state index contributed by atoms with van der Waals surface area (Å²) in [6.45, 7) is 0. The zero-order chi connectivity index (χ0) is 14.5. The molecule has 0 saturated heterocycles. The average molecular weight is 337 g/mol. The molecule has 2 fully saturated rings. The number of sulfonamides is 1. The second-order valence-electron chi connectivity index (χ2n) is 5.30. The van der Waals surface area contributed by atoms with Gasteiger partial charge < -0.3 is 0 Å². The predicted molar refractivity (Wildman–Crippen MR) is 75.5 cm³/mol. The average Bonchev–Trinajstić information content (AvgIpc) is 3.23. The zero-order valence-corrected chi connectivity index (χ0v) is 12.8. The summed E-state index contributed by atoms with van der Waals surface area (Å²) in [6.07, 6.45) is 4.20. The van der Waals surface area contributed by atoms with Gasteiger partial charge in [0.25, 0.3) is 15.7 Å². The van der Waals surface area contributed by atoms with Crippen molar-refractivity contribution >= 4 is 38.6 Å². The number of hydrogen-bond acceptors (Lipinski definition) is 5. The summed E-state index contributed by atoms with van der Waals surface area (Å²) in [6, 6.07) is 1.01. The molecule has 2 saturated carbocycles. The van der Waals surface area contributed by atoms with Gasteiger partial charge in [0.2, 0.25) is 0 Å². The third-order valence-electron chi connectivity index (χ3n) is 3.66. The van der Waals surface area contributed by atoms with Crippen LogP contribution in [0.2, 0.25) is 4.34 Å². The van der Waals surface area contributed by atoms with Crippen LogP contribution in [0.3, 0.4) is 0 Å². The maximum Gasteiger partial charge on any atom is 0.300 e. The van der Waals surface area contributed by atoms with Crippen LogP contribution in [-0.4, -0.2) is 19.4 Å². The third kappa shape index (κ3) is 2.83. The van der Waals surface area contributed by atoms with Crippen LogP contribution in [0.1, 0.15) is 25.7 Å². The molecule has 0 aliphatic heterocycles. The molecule has 0 unspecified atom stereocenters. The Morgan fingerprint density at radius 3 is 2.30 bits per heavy atom. The minimum absolute atomic E-state index is 0.0278. The van der Waals surface area contributed by atoms with Crippen LogP contribution in [0, 0.1) is 22.0 Å². The van der Waals surface area contributed by atoms with E-state index in [1.807, 2.05) is 0 Å². The number of nitro groups is 1. The zero-order valence-electron chi connectivity index (χ0n) is 10.4. The van der Waals surface area contributed by atoms with E-state index in [1.165, 1.54) is 0 Å². The maximum absolute atomic E-state index is 12.3. The highest BCUT2D eigenvalue weighted by Gasteiger charge is 2.44. The summed E-state index contributed by atoms with van der Waals surface area (Å²) in [7, 11) is -3.73. The van der Waals surface area contributed by atoms with Crippen molar-refractivity contribution < 1.29 is 13.3 Å². The molecule has 1 N–H and O–H groups in total. The van der Waals surface area contributed by atoms with Gasteiger partial charge in [-0.05, 0) is 37.5 Å². The van der Waals surface area contributed by atoms with Gasteiger partial charge in [-0.3, -0.25) is 10.1 Å². The summed E-state index contributed by atoms with van der Waals surface area (Å²) < 4.78 is 27.2. The third-order valence-corrected chi connectivity index (χ3v) is 6.93. The van der Waals surface area contributed by atoms with E-state index in [0.29, 0.717) is 11.8 Å². The molecule has 0 radical (unpaired) electrons. The molecule has 0 atom stereocenters. The lowest BCUT2D eigenvalue weighted by atomic mass is 10.1. The van der Waals surface area contributed by atoms with Gasteiger partial charge in [0.15, 0.2) is 4.34 Å². The first-order chi connectivity index (χ1) is 9.38. The van der Waals surface area contributed by atoms with Gasteiger partial charge in [-0.2, -0.15) is 0 Å². The van der Waals surface area contributed by atoms with E-state index >= 15 is 0 Å². The van der Waals surface area contributed by atoms with Crippen LogP contribution in [0.4, 0.5) is 5.69 Å². The lowest BCUT2D eigenvalue weighted by molar-refractivity contribution is -0.384. The van der Waals surface area contributed by atoms with Gasteiger partial charge in [-0.1, -0.05) is 11.6 Å². The van der Waals surface area contributed by atoms with Crippen molar-refractivity contribution in [2.45, 2.75) is 35.9 Å². The Kier molecular flexibility index (Phi) is 3.52.